The van der Waals surface area contributed by atoms with Crippen LogP contribution in [0.3, 0.4) is 0 Å². The first-order valence-electron chi connectivity index (χ1n) is 5.19. The third-order valence-corrected chi connectivity index (χ3v) is 2.79. The molecule has 4 heteroatoms. The van der Waals surface area contributed by atoms with Crippen LogP contribution in [0.15, 0.2) is 24.3 Å². The molecule has 4 nitrogen and oxygen atoms in total. The van der Waals surface area contributed by atoms with Crippen LogP contribution in [-0.2, 0) is 0 Å². The van der Waals surface area contributed by atoms with Crippen LogP contribution in [0.4, 0.5) is 0 Å². The van der Waals surface area contributed by atoms with Crippen LogP contribution in [0, 0.1) is 6.92 Å². The molecule has 86 valence electrons. The van der Waals surface area contributed by atoms with Crippen LogP contribution in [0.5, 0.6) is 0 Å². The molecular weight excluding hydrogens is 206 g/mol. The van der Waals surface area contributed by atoms with E-state index < -0.39 is 18.8 Å². The molecule has 1 aromatic carbocycles. The molecule has 16 heavy (non-hydrogen) atoms. The summed E-state index contributed by atoms with van der Waals surface area (Å²) in [5, 5.41) is 29.1. The number of H-pyrrole nitrogens is 1. The van der Waals surface area contributed by atoms with E-state index in [4.69, 9.17) is 5.11 Å². The minimum atomic E-state index is -1.15. The summed E-state index contributed by atoms with van der Waals surface area (Å²) in [6.07, 6.45) is -2.22. The normalized spacial score (nSPS) is 15.2. The van der Waals surface area contributed by atoms with Gasteiger partial charge in [-0.3, -0.25) is 0 Å². The Balaban J connectivity index is 2.54. The third kappa shape index (κ3) is 1.71. The number of rotatable bonds is 3. The average Bonchev–Trinajstić information content (AvgIpc) is 2.63. The van der Waals surface area contributed by atoms with E-state index in [1.54, 1.807) is 0 Å². The van der Waals surface area contributed by atoms with E-state index in [0.717, 1.165) is 16.6 Å². The molecule has 1 aromatic heterocycles. The van der Waals surface area contributed by atoms with Crippen molar-refractivity contribution >= 4 is 10.9 Å². The summed E-state index contributed by atoms with van der Waals surface area (Å²) in [6.45, 7) is 1.38. The maximum atomic E-state index is 9.93. The van der Waals surface area contributed by atoms with Crippen molar-refractivity contribution in [3.8, 4) is 0 Å². The number of benzene rings is 1. The molecule has 2 atom stereocenters. The van der Waals surface area contributed by atoms with Gasteiger partial charge in [0.25, 0.3) is 0 Å². The number of hydrogen-bond donors (Lipinski definition) is 4. The van der Waals surface area contributed by atoms with Crippen LogP contribution >= 0.6 is 0 Å². The van der Waals surface area contributed by atoms with E-state index in [1.807, 2.05) is 31.2 Å². The zero-order valence-corrected chi connectivity index (χ0v) is 9.01. The Kier molecular flexibility index (Phi) is 2.96. The molecule has 2 unspecified atom stereocenters. The molecule has 2 rings (SSSR count). The van der Waals surface area contributed by atoms with Crippen molar-refractivity contribution in [2.75, 3.05) is 6.61 Å². The number of para-hydroxylation sites is 1. The van der Waals surface area contributed by atoms with Crippen molar-refractivity contribution in [1.82, 2.24) is 4.98 Å². The molecule has 0 amide bonds. The number of hydrogen-bond acceptors (Lipinski definition) is 3. The lowest BCUT2D eigenvalue weighted by Gasteiger charge is -2.16. The summed E-state index contributed by atoms with van der Waals surface area (Å²) in [4.78, 5) is 3.13. The Morgan fingerprint density at radius 1 is 1.25 bits per heavy atom. The summed E-state index contributed by atoms with van der Waals surface area (Å²) >= 11 is 0. The van der Waals surface area contributed by atoms with Crippen molar-refractivity contribution in [3.05, 3.63) is 35.5 Å². The molecule has 0 saturated heterocycles. The van der Waals surface area contributed by atoms with Gasteiger partial charge >= 0.3 is 0 Å². The number of nitrogens with one attached hydrogen (secondary N) is 1. The molecule has 2 aromatic rings. The first-order valence-corrected chi connectivity index (χ1v) is 5.19. The van der Waals surface area contributed by atoms with E-state index in [0.29, 0.717) is 5.56 Å². The summed E-state index contributed by atoms with van der Waals surface area (Å²) in [5.41, 5.74) is 2.37. The smallest absolute Gasteiger partial charge is 0.109 e. The maximum Gasteiger partial charge on any atom is 0.109 e. The highest BCUT2D eigenvalue weighted by Crippen LogP contribution is 2.29. The number of aliphatic hydroxyl groups excluding tert-OH is 3. The monoisotopic (exact) mass is 221 g/mol. The molecule has 0 radical (unpaired) electrons. The van der Waals surface area contributed by atoms with Gasteiger partial charge in [-0.25, -0.2) is 0 Å². The summed E-state index contributed by atoms with van der Waals surface area (Å²) in [5.74, 6) is 0. The van der Waals surface area contributed by atoms with Gasteiger partial charge in [0.05, 0.1) is 6.61 Å². The quantitative estimate of drug-likeness (QED) is 0.621. The molecule has 0 aliphatic heterocycles. The Morgan fingerprint density at radius 3 is 2.62 bits per heavy atom. The van der Waals surface area contributed by atoms with Gasteiger partial charge in [-0.1, -0.05) is 18.2 Å². The van der Waals surface area contributed by atoms with Crippen molar-refractivity contribution in [2.24, 2.45) is 0 Å². The standard InChI is InChI=1S/C12H15NO3/c1-7-11(12(16)10(15)6-14)8-4-2-3-5-9(8)13-7/h2-5,10,12-16H,6H2,1H3. The van der Waals surface area contributed by atoms with Gasteiger partial charge in [-0.05, 0) is 13.0 Å². The second-order valence-corrected chi connectivity index (χ2v) is 3.90. The van der Waals surface area contributed by atoms with Crippen LogP contribution < -0.4 is 0 Å². The van der Waals surface area contributed by atoms with Gasteiger partial charge < -0.3 is 20.3 Å². The Morgan fingerprint density at radius 2 is 1.94 bits per heavy atom. The van der Waals surface area contributed by atoms with Crippen molar-refractivity contribution in [2.45, 2.75) is 19.1 Å². The highest BCUT2D eigenvalue weighted by Gasteiger charge is 2.22. The molecule has 0 saturated carbocycles. The van der Waals surface area contributed by atoms with Crippen LogP contribution in [-0.4, -0.2) is 33.0 Å². The third-order valence-electron chi connectivity index (χ3n) is 2.79. The van der Waals surface area contributed by atoms with E-state index in [9.17, 15) is 10.2 Å². The van der Waals surface area contributed by atoms with Crippen molar-refractivity contribution in [3.63, 3.8) is 0 Å². The molecule has 0 fully saturated rings. The fraction of sp³-hybridized carbons (Fsp3) is 0.333. The highest BCUT2D eigenvalue weighted by molar-refractivity contribution is 5.85. The summed E-state index contributed by atoms with van der Waals surface area (Å²) < 4.78 is 0. The van der Waals surface area contributed by atoms with Gasteiger partial charge in [0, 0.05) is 22.2 Å². The lowest BCUT2D eigenvalue weighted by molar-refractivity contribution is -0.0148. The molecule has 4 N–H and O–H groups in total. The van der Waals surface area contributed by atoms with Gasteiger partial charge in [-0.15, -0.1) is 0 Å². The highest BCUT2D eigenvalue weighted by atomic mass is 16.4. The largest absolute Gasteiger partial charge is 0.394 e. The Bertz CT molecular complexity index is 492. The number of aromatic amines is 1. The second kappa shape index (κ2) is 4.25. The minimum absolute atomic E-state index is 0.458. The zero-order valence-electron chi connectivity index (χ0n) is 9.01. The number of aromatic nitrogens is 1. The summed E-state index contributed by atoms with van der Waals surface area (Å²) in [6, 6.07) is 7.55. The van der Waals surface area contributed by atoms with E-state index in [2.05, 4.69) is 4.98 Å². The molecule has 0 aliphatic rings. The van der Waals surface area contributed by atoms with Crippen LogP contribution in [0.25, 0.3) is 10.9 Å². The van der Waals surface area contributed by atoms with Crippen LogP contribution in [0.1, 0.15) is 17.4 Å². The molecule has 1 heterocycles. The maximum absolute atomic E-state index is 9.93. The lowest BCUT2D eigenvalue weighted by atomic mass is 10.0. The van der Waals surface area contributed by atoms with Gasteiger partial charge in [0.15, 0.2) is 0 Å². The second-order valence-electron chi connectivity index (χ2n) is 3.90. The molecule has 0 spiro atoms. The fourth-order valence-corrected chi connectivity index (χ4v) is 1.97. The SMILES string of the molecule is Cc1[nH]c2ccccc2c1C(O)C(O)CO. The van der Waals surface area contributed by atoms with Gasteiger partial charge in [-0.2, -0.15) is 0 Å². The molecule has 0 bridgehead atoms. The molecule has 0 aliphatic carbocycles. The van der Waals surface area contributed by atoms with E-state index >= 15 is 0 Å². The van der Waals surface area contributed by atoms with Gasteiger partial charge in [0.1, 0.15) is 12.2 Å². The number of fused-ring (bicyclic) bond motifs is 1. The lowest BCUT2D eigenvalue weighted by Crippen LogP contribution is -2.22. The fourth-order valence-electron chi connectivity index (χ4n) is 1.97. The Labute approximate surface area is 93.2 Å². The van der Waals surface area contributed by atoms with Gasteiger partial charge in [0.2, 0.25) is 0 Å². The van der Waals surface area contributed by atoms with Crippen LogP contribution in [0.2, 0.25) is 0 Å². The first kappa shape index (κ1) is 11.1. The van der Waals surface area contributed by atoms with Crippen molar-refractivity contribution in [1.29, 1.82) is 0 Å². The minimum Gasteiger partial charge on any atom is -0.394 e. The van der Waals surface area contributed by atoms with Crippen molar-refractivity contribution < 1.29 is 15.3 Å². The molecular formula is C12H15NO3. The average molecular weight is 221 g/mol. The number of aliphatic hydroxyl groups is 3. The Hall–Kier alpha value is -1.36. The topological polar surface area (TPSA) is 76.5 Å². The predicted octanol–water partition coefficient (Wildman–Crippen LogP) is 0.863. The first-order chi connectivity index (χ1) is 7.65. The van der Waals surface area contributed by atoms with E-state index in [1.165, 1.54) is 0 Å². The number of aryl methyl sites for hydroxylation is 1. The zero-order chi connectivity index (χ0) is 11.7. The summed E-state index contributed by atoms with van der Waals surface area (Å²) in [7, 11) is 0. The van der Waals surface area contributed by atoms with E-state index in [-0.39, 0.29) is 0 Å². The predicted molar refractivity (Wildman–Crippen MR) is 61.1 cm³/mol.